The van der Waals surface area contributed by atoms with Gasteiger partial charge in [0.15, 0.2) is 0 Å². The summed E-state index contributed by atoms with van der Waals surface area (Å²) in [5.74, 6) is -0.160. The van der Waals surface area contributed by atoms with Crippen molar-refractivity contribution in [2.24, 2.45) is 0 Å². The molecule has 1 atom stereocenters. The van der Waals surface area contributed by atoms with Crippen molar-refractivity contribution in [3.05, 3.63) is 35.6 Å². The van der Waals surface area contributed by atoms with Gasteiger partial charge in [0, 0.05) is 19.4 Å². The van der Waals surface area contributed by atoms with Crippen LogP contribution in [0, 0.1) is 5.82 Å². The molecule has 2 rings (SSSR count). The summed E-state index contributed by atoms with van der Waals surface area (Å²) in [6, 6.07) is 6.22. The van der Waals surface area contributed by atoms with Crippen molar-refractivity contribution < 1.29 is 13.9 Å². The van der Waals surface area contributed by atoms with Gasteiger partial charge in [-0.05, 0) is 37.0 Å². The summed E-state index contributed by atoms with van der Waals surface area (Å²) >= 11 is 0. The Hall–Kier alpha value is -1.22. The Balaban J connectivity index is 1.84. The zero-order valence-electron chi connectivity index (χ0n) is 9.82. The van der Waals surface area contributed by atoms with Crippen LogP contribution in [0.2, 0.25) is 0 Å². The third kappa shape index (κ3) is 3.93. The molecule has 92 valence electrons. The van der Waals surface area contributed by atoms with E-state index in [0.29, 0.717) is 12.8 Å². The first-order valence-corrected chi connectivity index (χ1v) is 6.12. The largest absolute Gasteiger partial charge is 0.378 e. The van der Waals surface area contributed by atoms with E-state index in [0.717, 1.165) is 31.4 Å². The lowest BCUT2D eigenvalue weighted by atomic mass is 10.00. The number of carbonyl (C=O) groups is 1. The second-order valence-electron chi connectivity index (χ2n) is 4.54. The summed E-state index contributed by atoms with van der Waals surface area (Å²) in [5.41, 5.74) is 0.741. The lowest BCUT2D eigenvalue weighted by Gasteiger charge is -2.21. The van der Waals surface area contributed by atoms with E-state index >= 15 is 0 Å². The number of halogens is 1. The molecule has 1 fully saturated rings. The lowest BCUT2D eigenvalue weighted by Crippen LogP contribution is -2.23. The number of Topliss-reactive ketones (excluding diaryl/α,β-unsaturated/α-hetero) is 1. The highest BCUT2D eigenvalue weighted by molar-refractivity contribution is 5.81. The van der Waals surface area contributed by atoms with E-state index in [9.17, 15) is 9.18 Å². The number of benzene rings is 1. The van der Waals surface area contributed by atoms with Gasteiger partial charge in [0.2, 0.25) is 0 Å². The molecule has 3 heteroatoms. The molecule has 1 unspecified atom stereocenters. The van der Waals surface area contributed by atoms with Crippen LogP contribution in [0.1, 0.15) is 31.2 Å². The SMILES string of the molecule is O=C(Cc1cccc(F)c1)CC1CCCCO1. The quantitative estimate of drug-likeness (QED) is 0.803. The average molecular weight is 236 g/mol. The van der Waals surface area contributed by atoms with E-state index in [2.05, 4.69) is 0 Å². The van der Waals surface area contributed by atoms with E-state index in [4.69, 9.17) is 4.74 Å². The van der Waals surface area contributed by atoms with Crippen LogP contribution in [-0.4, -0.2) is 18.5 Å². The predicted molar refractivity (Wildman–Crippen MR) is 63.3 cm³/mol. The molecule has 0 aromatic heterocycles. The minimum absolute atomic E-state index is 0.0739. The molecule has 0 amide bonds. The average Bonchev–Trinajstić information content (AvgIpc) is 2.30. The first kappa shape index (κ1) is 12.2. The molecule has 0 bridgehead atoms. The van der Waals surface area contributed by atoms with Crippen LogP contribution in [0.3, 0.4) is 0 Å². The maximum Gasteiger partial charge on any atom is 0.139 e. The fourth-order valence-electron chi connectivity index (χ4n) is 2.17. The standard InChI is InChI=1S/C14H17FO2/c15-12-5-3-4-11(8-12)9-13(16)10-14-6-1-2-7-17-14/h3-5,8,14H,1-2,6-7,9-10H2. The molecule has 0 radical (unpaired) electrons. The molecule has 17 heavy (non-hydrogen) atoms. The molecule has 1 heterocycles. The first-order valence-electron chi connectivity index (χ1n) is 6.12. The Morgan fingerprint density at radius 1 is 1.41 bits per heavy atom. The number of hydrogen-bond donors (Lipinski definition) is 0. The smallest absolute Gasteiger partial charge is 0.139 e. The summed E-state index contributed by atoms with van der Waals surface area (Å²) in [6.45, 7) is 0.762. The monoisotopic (exact) mass is 236 g/mol. The molecule has 0 N–H and O–H groups in total. The summed E-state index contributed by atoms with van der Waals surface area (Å²) in [6.07, 6.45) is 4.03. The Morgan fingerprint density at radius 2 is 2.29 bits per heavy atom. The number of rotatable bonds is 4. The van der Waals surface area contributed by atoms with Gasteiger partial charge < -0.3 is 4.74 Å². The van der Waals surface area contributed by atoms with Crippen molar-refractivity contribution in [1.82, 2.24) is 0 Å². The van der Waals surface area contributed by atoms with Crippen molar-refractivity contribution in [2.45, 2.75) is 38.2 Å². The van der Waals surface area contributed by atoms with Gasteiger partial charge in [-0.25, -0.2) is 4.39 Å². The predicted octanol–water partition coefficient (Wildman–Crippen LogP) is 2.90. The third-order valence-corrected chi connectivity index (χ3v) is 3.02. The van der Waals surface area contributed by atoms with Crippen molar-refractivity contribution in [2.75, 3.05) is 6.61 Å². The molecular formula is C14H17FO2. The summed E-state index contributed by atoms with van der Waals surface area (Å²) in [5, 5.41) is 0. The van der Waals surface area contributed by atoms with Crippen LogP contribution >= 0.6 is 0 Å². The third-order valence-electron chi connectivity index (χ3n) is 3.02. The molecular weight excluding hydrogens is 219 g/mol. The van der Waals surface area contributed by atoms with Gasteiger partial charge in [0.25, 0.3) is 0 Å². The van der Waals surface area contributed by atoms with E-state index in [1.54, 1.807) is 12.1 Å². The fraction of sp³-hybridized carbons (Fsp3) is 0.500. The Labute approximate surface area is 101 Å². The number of carbonyl (C=O) groups excluding carboxylic acids is 1. The minimum atomic E-state index is -0.288. The number of ether oxygens (including phenoxy) is 1. The molecule has 0 saturated carbocycles. The van der Waals surface area contributed by atoms with Crippen molar-refractivity contribution >= 4 is 5.78 Å². The summed E-state index contributed by atoms with van der Waals surface area (Å²) in [4.78, 5) is 11.8. The number of hydrogen-bond acceptors (Lipinski definition) is 2. The van der Waals surface area contributed by atoms with Crippen molar-refractivity contribution in [3.8, 4) is 0 Å². The topological polar surface area (TPSA) is 26.3 Å². The second kappa shape index (κ2) is 5.92. The molecule has 1 saturated heterocycles. The molecule has 1 aliphatic rings. The van der Waals surface area contributed by atoms with E-state index in [-0.39, 0.29) is 17.7 Å². The molecule has 0 spiro atoms. The second-order valence-corrected chi connectivity index (χ2v) is 4.54. The van der Waals surface area contributed by atoms with Gasteiger partial charge in [-0.3, -0.25) is 4.79 Å². The van der Waals surface area contributed by atoms with Crippen LogP contribution in [0.5, 0.6) is 0 Å². The van der Waals surface area contributed by atoms with Crippen molar-refractivity contribution in [3.63, 3.8) is 0 Å². The molecule has 1 aromatic rings. The zero-order valence-corrected chi connectivity index (χ0v) is 9.82. The van der Waals surface area contributed by atoms with E-state index in [1.807, 2.05) is 0 Å². The van der Waals surface area contributed by atoms with Gasteiger partial charge in [-0.1, -0.05) is 12.1 Å². The Morgan fingerprint density at radius 3 is 3.00 bits per heavy atom. The van der Waals surface area contributed by atoms with E-state index in [1.165, 1.54) is 12.1 Å². The first-order chi connectivity index (χ1) is 8.24. The van der Waals surface area contributed by atoms with Gasteiger partial charge >= 0.3 is 0 Å². The summed E-state index contributed by atoms with van der Waals surface area (Å²) in [7, 11) is 0. The highest BCUT2D eigenvalue weighted by Gasteiger charge is 2.17. The lowest BCUT2D eigenvalue weighted by molar-refractivity contribution is -0.122. The maximum atomic E-state index is 12.9. The molecule has 2 nitrogen and oxygen atoms in total. The minimum Gasteiger partial charge on any atom is -0.378 e. The maximum absolute atomic E-state index is 12.9. The van der Waals surface area contributed by atoms with Crippen LogP contribution in [0.25, 0.3) is 0 Å². The van der Waals surface area contributed by atoms with Crippen LogP contribution in [-0.2, 0) is 16.0 Å². The van der Waals surface area contributed by atoms with Crippen LogP contribution in [0.15, 0.2) is 24.3 Å². The fourth-order valence-corrected chi connectivity index (χ4v) is 2.17. The Kier molecular flexibility index (Phi) is 4.26. The van der Waals surface area contributed by atoms with Crippen LogP contribution in [0.4, 0.5) is 4.39 Å². The van der Waals surface area contributed by atoms with Crippen LogP contribution < -0.4 is 0 Å². The number of ketones is 1. The molecule has 1 aromatic carbocycles. The van der Waals surface area contributed by atoms with Gasteiger partial charge in [0.05, 0.1) is 6.10 Å². The van der Waals surface area contributed by atoms with E-state index < -0.39 is 0 Å². The Bertz CT molecular complexity index is 384. The zero-order chi connectivity index (χ0) is 12.1. The van der Waals surface area contributed by atoms with Gasteiger partial charge in [-0.15, -0.1) is 0 Å². The highest BCUT2D eigenvalue weighted by Crippen LogP contribution is 2.17. The molecule has 0 aliphatic carbocycles. The van der Waals surface area contributed by atoms with Gasteiger partial charge in [0.1, 0.15) is 11.6 Å². The summed E-state index contributed by atoms with van der Waals surface area (Å²) < 4.78 is 18.5. The van der Waals surface area contributed by atoms with Gasteiger partial charge in [-0.2, -0.15) is 0 Å². The normalized spacial score (nSPS) is 20.2. The molecule has 1 aliphatic heterocycles. The highest BCUT2D eigenvalue weighted by atomic mass is 19.1. The van der Waals surface area contributed by atoms with Crippen molar-refractivity contribution in [1.29, 1.82) is 0 Å².